The summed E-state index contributed by atoms with van der Waals surface area (Å²) in [6.07, 6.45) is 11.9. The zero-order valence-electron chi connectivity index (χ0n) is 29.5. The van der Waals surface area contributed by atoms with Gasteiger partial charge in [0.2, 0.25) is 5.12 Å². The Kier molecular flexibility index (Phi) is 7.15. The van der Waals surface area contributed by atoms with E-state index in [0.29, 0.717) is 28.6 Å². The van der Waals surface area contributed by atoms with Crippen molar-refractivity contribution < 1.29 is 19.2 Å². The van der Waals surface area contributed by atoms with Crippen LogP contribution in [0.15, 0.2) is 66.1 Å². The third-order valence-corrected chi connectivity index (χ3v) is 20.5. The molecule has 6 unspecified atom stereocenters. The lowest BCUT2D eigenvalue weighted by molar-refractivity contribution is -0.112. The largest absolute Gasteiger partial charge is 0.355 e. The van der Waals surface area contributed by atoms with E-state index in [0.717, 1.165) is 83.3 Å². The van der Waals surface area contributed by atoms with Crippen LogP contribution in [0.3, 0.4) is 0 Å². The first-order valence-electron chi connectivity index (χ1n) is 18.0. The Hall–Kier alpha value is -3.97. The Morgan fingerprint density at radius 3 is 2.43 bits per heavy atom. The van der Waals surface area contributed by atoms with Gasteiger partial charge in [0, 0.05) is 48.5 Å². The van der Waals surface area contributed by atoms with E-state index in [4.69, 9.17) is 9.97 Å². The molecule has 0 aromatic carbocycles. The second kappa shape index (κ2) is 11.3. The van der Waals surface area contributed by atoms with Crippen LogP contribution in [-0.4, -0.2) is 56.6 Å². The summed E-state index contributed by atoms with van der Waals surface area (Å²) in [6.45, 7) is 12.5. The lowest BCUT2D eigenvalue weighted by atomic mass is 9.92. The summed E-state index contributed by atoms with van der Waals surface area (Å²) >= 11 is 3.77. The number of nitrogens with one attached hydrogen (secondary N) is 2. The summed E-state index contributed by atoms with van der Waals surface area (Å²) < 4.78 is 0.920. The number of carbonyl (C=O) groups excluding carboxylic acids is 4. The van der Waals surface area contributed by atoms with Gasteiger partial charge in [-0.3, -0.25) is 24.2 Å². The fourth-order valence-electron chi connectivity index (χ4n) is 9.38. The number of H-pyrrole nitrogens is 2. The van der Waals surface area contributed by atoms with Crippen molar-refractivity contribution in [1.82, 2.24) is 19.9 Å². The van der Waals surface area contributed by atoms with Crippen molar-refractivity contribution in [2.75, 3.05) is 0 Å². The average molecular weight is 777 g/mol. The van der Waals surface area contributed by atoms with Crippen LogP contribution in [0.1, 0.15) is 78.7 Å². The number of rotatable bonds is 8. The predicted molar refractivity (Wildman–Crippen MR) is 220 cm³/mol. The smallest absolute Gasteiger partial charge is 0.207 e. The third kappa shape index (κ3) is 4.35. The molecule has 2 aromatic rings. The van der Waals surface area contributed by atoms with Crippen LogP contribution in [0.2, 0.25) is 0 Å². The molecule has 268 valence electrons. The molecule has 3 saturated heterocycles. The second-order valence-corrected chi connectivity index (χ2v) is 22.6. The lowest BCUT2D eigenvalue weighted by Crippen LogP contribution is -2.16. The molecule has 2 N–H and O–H groups in total. The molecule has 3 fully saturated rings. The molecular formula is C41H36N4O4S4. The minimum absolute atomic E-state index is 0.0627. The predicted octanol–water partition coefficient (Wildman–Crippen LogP) is 8.09. The number of aryl methyl sites for hydroxylation is 1. The van der Waals surface area contributed by atoms with Crippen molar-refractivity contribution in [2.24, 2.45) is 5.92 Å². The maximum atomic E-state index is 14.0. The van der Waals surface area contributed by atoms with Crippen molar-refractivity contribution >= 4 is 97.7 Å². The number of hydrogen-bond donors (Lipinski definition) is 2. The van der Waals surface area contributed by atoms with E-state index in [1.54, 1.807) is 0 Å². The first-order valence-corrected chi connectivity index (χ1v) is 22.8. The minimum Gasteiger partial charge on any atom is -0.355 e. The summed E-state index contributed by atoms with van der Waals surface area (Å²) in [5.41, 5.74) is 10.6. The molecule has 2 aromatic heterocycles. The Morgan fingerprint density at radius 1 is 0.943 bits per heavy atom. The molecule has 8 aliphatic rings. The number of fused-ring (bicyclic) bond motifs is 10. The molecule has 1 spiro atoms. The molecule has 6 atom stereocenters. The van der Waals surface area contributed by atoms with Gasteiger partial charge in [-0.1, -0.05) is 86.1 Å². The van der Waals surface area contributed by atoms with Gasteiger partial charge in [0.05, 0.1) is 43.5 Å². The first kappa shape index (κ1) is 33.6. The van der Waals surface area contributed by atoms with Crippen LogP contribution in [-0.2, 0) is 19.2 Å². The van der Waals surface area contributed by atoms with E-state index >= 15 is 0 Å². The molecule has 6 bridgehead atoms. The molecular weight excluding hydrogens is 741 g/mol. The van der Waals surface area contributed by atoms with Crippen molar-refractivity contribution in [3.05, 3.63) is 110 Å². The van der Waals surface area contributed by atoms with Gasteiger partial charge in [-0.15, -0.1) is 8.75 Å². The number of thioether (sulfide) groups is 3. The summed E-state index contributed by atoms with van der Waals surface area (Å²) in [7, 11) is -2.74. The van der Waals surface area contributed by atoms with Gasteiger partial charge in [-0.25, -0.2) is 4.98 Å². The van der Waals surface area contributed by atoms with Crippen LogP contribution in [0.25, 0.3) is 32.7 Å². The highest BCUT2D eigenvalue weighted by molar-refractivity contribution is 8.75. The summed E-state index contributed by atoms with van der Waals surface area (Å²) in [6, 6.07) is 8.30. The monoisotopic (exact) mass is 776 g/mol. The maximum Gasteiger partial charge on any atom is 0.207 e. The molecule has 12 heteroatoms. The molecule has 1 aliphatic carbocycles. The number of nitrogens with zero attached hydrogens (tertiary/aromatic N) is 2. The number of aromatic nitrogens is 4. The number of allylic oxidation sites excluding steroid dienone is 5. The summed E-state index contributed by atoms with van der Waals surface area (Å²) in [5.74, 6) is -0.197. The average Bonchev–Trinajstić information content (AvgIpc) is 4.07. The van der Waals surface area contributed by atoms with Crippen LogP contribution in [0.4, 0.5) is 0 Å². The van der Waals surface area contributed by atoms with E-state index < -0.39 is 8.75 Å². The second-order valence-electron chi connectivity index (χ2n) is 14.6. The van der Waals surface area contributed by atoms with Gasteiger partial charge in [-0.05, 0) is 73.2 Å². The SMILES string of the molecule is C=C(SC=O)C1=C(CC)c2cc3[nH]c(cc(C)nc(C4=CC4/C=C\C4SC4=O)cc4[nH]c(cc1n2)=S125C(=O)C1C=CC2C=45)c1c3C(C)SC(=O)C1CC. The highest BCUT2D eigenvalue weighted by Gasteiger charge is 2.87. The lowest BCUT2D eigenvalue weighted by Gasteiger charge is -2.25. The van der Waals surface area contributed by atoms with E-state index in [9.17, 15) is 19.2 Å². The highest BCUT2D eigenvalue weighted by atomic mass is 32.3. The van der Waals surface area contributed by atoms with Gasteiger partial charge >= 0.3 is 0 Å². The van der Waals surface area contributed by atoms with Crippen LogP contribution >= 0.6 is 44.0 Å². The van der Waals surface area contributed by atoms with Crippen molar-refractivity contribution in [3.8, 4) is 0 Å². The normalized spacial score (nSPS) is 29.4. The number of hydrogen-bond acceptors (Lipinski definition) is 9. The Balaban J connectivity index is 1.32. The molecule has 7 aliphatic heterocycles. The Bertz CT molecular complexity index is 2750. The Labute approximate surface area is 318 Å². The quantitative estimate of drug-likeness (QED) is 0.118. The fourth-order valence-corrected chi connectivity index (χ4v) is 18.3. The van der Waals surface area contributed by atoms with E-state index in [1.807, 2.05) is 19.1 Å². The van der Waals surface area contributed by atoms with Gasteiger partial charge < -0.3 is 9.97 Å². The van der Waals surface area contributed by atoms with E-state index in [-0.39, 0.29) is 43.1 Å². The molecule has 9 heterocycles. The number of aromatic amines is 2. The topological polar surface area (TPSA) is 126 Å². The van der Waals surface area contributed by atoms with Gasteiger partial charge in [0.15, 0.2) is 15.8 Å². The van der Waals surface area contributed by atoms with Gasteiger partial charge in [0.1, 0.15) is 0 Å². The van der Waals surface area contributed by atoms with Gasteiger partial charge in [-0.2, -0.15) is 0 Å². The zero-order valence-corrected chi connectivity index (χ0v) is 32.8. The van der Waals surface area contributed by atoms with Crippen molar-refractivity contribution in [1.29, 1.82) is 0 Å². The summed E-state index contributed by atoms with van der Waals surface area (Å²) in [5, 5.41) is 1.41. The van der Waals surface area contributed by atoms with Crippen molar-refractivity contribution in [2.45, 2.75) is 67.5 Å². The van der Waals surface area contributed by atoms with Crippen LogP contribution in [0.5, 0.6) is 0 Å². The van der Waals surface area contributed by atoms with Crippen LogP contribution in [0, 0.1) is 17.5 Å². The Morgan fingerprint density at radius 2 is 1.72 bits per heavy atom. The maximum absolute atomic E-state index is 14.0. The minimum atomic E-state index is -2.74. The van der Waals surface area contributed by atoms with Crippen molar-refractivity contribution in [3.63, 3.8) is 0 Å². The van der Waals surface area contributed by atoms with E-state index in [2.05, 4.69) is 79.8 Å². The van der Waals surface area contributed by atoms with Crippen LogP contribution < -0.4 is 5.35 Å². The molecule has 10 rings (SSSR count). The summed E-state index contributed by atoms with van der Waals surface area (Å²) in [4.78, 5) is 70.8. The van der Waals surface area contributed by atoms with E-state index in [1.165, 1.54) is 28.4 Å². The standard InChI is InChI=1S/C41H36N4O4S4/c1-6-22-25-14-28-36-20(5)51-39(47)23(7-2)37(36)27(44-28)12-18(3)42-26(24-13-21(24)8-9-31-40(48)52-31)15-30-38-32-10-11-33-41(49)53(32,33,38)34(45-30)16-29(43-25)35(22)19(4)50-17-46/h8-17,20-21,23,31-33,44-45H,4,6-7H2,1-3,5H3/b9-8-,18-12?,25-14?,26-15?,27-12?,28-14?,29-16?,30-15?,34-16?,42-18?,42-26?. The fraction of sp³-hybridized carbons (Fsp3) is 0.293. The first-order chi connectivity index (χ1) is 25.5. The molecule has 8 nitrogen and oxygen atoms in total. The third-order valence-electron chi connectivity index (χ3n) is 11.9. The molecule has 53 heavy (non-hydrogen) atoms. The highest BCUT2D eigenvalue weighted by Crippen LogP contribution is 3.05. The molecule has 0 saturated carbocycles. The zero-order chi connectivity index (χ0) is 36.7. The molecule has 0 amide bonds. The number of carbonyl (C=O) groups is 4. The van der Waals surface area contributed by atoms with Gasteiger partial charge in [0.25, 0.3) is 0 Å². The molecule has 0 radical (unpaired) electrons.